The summed E-state index contributed by atoms with van der Waals surface area (Å²) in [7, 11) is 1.77. The van der Waals surface area contributed by atoms with Crippen LogP contribution in [0, 0.1) is 0 Å². The first kappa shape index (κ1) is 34.6. The summed E-state index contributed by atoms with van der Waals surface area (Å²) in [5.74, 6) is 0.925. The minimum Gasteiger partial charge on any atom is -0.491 e. The Bertz CT molecular complexity index is 1890. The Morgan fingerprint density at radius 3 is 2.44 bits per heavy atom. The number of benzene rings is 3. The van der Waals surface area contributed by atoms with Gasteiger partial charge in [-0.1, -0.05) is 66.7 Å². The Kier molecular flexibility index (Phi) is 10.7. The lowest BCUT2D eigenvalue weighted by atomic mass is 10.0. The second kappa shape index (κ2) is 15.5. The molecule has 0 spiro atoms. The van der Waals surface area contributed by atoms with Crippen LogP contribution in [0.1, 0.15) is 25.1 Å². The third kappa shape index (κ3) is 7.19. The van der Waals surface area contributed by atoms with Gasteiger partial charge >= 0.3 is 6.09 Å². The van der Waals surface area contributed by atoms with Gasteiger partial charge in [-0.15, -0.1) is 0 Å². The number of aliphatic hydroxyl groups excluding tert-OH is 3. The van der Waals surface area contributed by atoms with Gasteiger partial charge in [0.1, 0.15) is 37.0 Å². The summed E-state index contributed by atoms with van der Waals surface area (Å²) in [5, 5.41) is 31.4. The van der Waals surface area contributed by atoms with Crippen LogP contribution >= 0.6 is 0 Å². The van der Waals surface area contributed by atoms with Gasteiger partial charge in [0.05, 0.1) is 18.9 Å². The number of nitrogens with zero attached hydrogens (tertiary/aromatic N) is 6. The molecular weight excluding hydrogens is 642 g/mol. The number of aromatic nitrogens is 4. The zero-order chi connectivity index (χ0) is 35.2. The number of carbonyl (C=O) groups is 1. The van der Waals surface area contributed by atoms with Crippen molar-refractivity contribution in [3.63, 3.8) is 0 Å². The summed E-state index contributed by atoms with van der Waals surface area (Å²) in [5.41, 5.74) is 10.2. The van der Waals surface area contributed by atoms with E-state index in [1.807, 2.05) is 85.8 Å². The first-order chi connectivity index (χ1) is 24.3. The Morgan fingerprint density at radius 1 is 1.00 bits per heavy atom. The number of imidazole rings is 1. The number of nitrogens with two attached hydrogens (primary N) is 1. The normalized spacial score (nSPS) is 18.7. The molecule has 50 heavy (non-hydrogen) atoms. The number of aliphatic hydroxyl groups is 3. The molecule has 14 nitrogen and oxygen atoms in total. The SMILES string of the molecule is CCN(CCCOc1cc(-c2ccccc2)ccc1N(C)c1nc2c(N)ncnc2n1[C@@H]1O[C@H](CO)[C@@H](O)[C@H]1O)C(=O)OCc1ccccc1. The Labute approximate surface area is 289 Å². The van der Waals surface area contributed by atoms with E-state index in [1.54, 1.807) is 16.8 Å². The maximum Gasteiger partial charge on any atom is 0.410 e. The van der Waals surface area contributed by atoms with Crippen LogP contribution in [-0.2, 0) is 16.1 Å². The average Bonchev–Trinajstić information content (AvgIpc) is 3.68. The molecule has 1 saturated heterocycles. The first-order valence-electron chi connectivity index (χ1n) is 16.4. The molecule has 2 aromatic heterocycles. The summed E-state index contributed by atoms with van der Waals surface area (Å²) in [6.07, 6.45) is -3.50. The number of fused-ring (bicyclic) bond motifs is 1. The average molecular weight is 684 g/mol. The summed E-state index contributed by atoms with van der Waals surface area (Å²) in [4.78, 5) is 29.4. The molecule has 14 heteroatoms. The smallest absolute Gasteiger partial charge is 0.410 e. The first-order valence-corrected chi connectivity index (χ1v) is 16.4. The van der Waals surface area contributed by atoms with Crippen LogP contribution < -0.4 is 15.4 Å². The zero-order valence-electron chi connectivity index (χ0n) is 27.9. The summed E-state index contributed by atoms with van der Waals surface area (Å²) >= 11 is 0. The van der Waals surface area contributed by atoms with E-state index in [9.17, 15) is 20.1 Å². The highest BCUT2D eigenvalue weighted by Crippen LogP contribution is 2.41. The Hall–Kier alpha value is -5.28. The number of ether oxygens (including phenoxy) is 3. The molecular formula is C36H41N7O7. The van der Waals surface area contributed by atoms with Gasteiger partial charge in [0, 0.05) is 20.1 Å². The topological polar surface area (TPSA) is 182 Å². The summed E-state index contributed by atoms with van der Waals surface area (Å²) in [6.45, 7) is 2.78. The molecule has 262 valence electrons. The van der Waals surface area contributed by atoms with E-state index in [-0.39, 0.29) is 36.1 Å². The van der Waals surface area contributed by atoms with Gasteiger partial charge in [0.15, 0.2) is 23.2 Å². The Morgan fingerprint density at radius 2 is 1.74 bits per heavy atom. The van der Waals surface area contributed by atoms with E-state index in [0.717, 1.165) is 16.7 Å². The fourth-order valence-electron chi connectivity index (χ4n) is 5.93. The number of rotatable bonds is 13. The van der Waals surface area contributed by atoms with Crippen LogP contribution in [0.15, 0.2) is 85.2 Å². The van der Waals surface area contributed by atoms with Crippen molar-refractivity contribution in [2.45, 2.75) is 44.5 Å². The van der Waals surface area contributed by atoms with Crippen LogP contribution in [0.25, 0.3) is 22.3 Å². The number of amides is 1. The van der Waals surface area contributed by atoms with Crippen molar-refractivity contribution in [1.29, 1.82) is 0 Å². The van der Waals surface area contributed by atoms with Crippen LogP contribution in [0.2, 0.25) is 0 Å². The minimum atomic E-state index is -1.40. The maximum atomic E-state index is 12.8. The third-order valence-corrected chi connectivity index (χ3v) is 8.66. The van der Waals surface area contributed by atoms with Gasteiger partial charge in [-0.2, -0.15) is 0 Å². The van der Waals surface area contributed by atoms with Crippen molar-refractivity contribution in [2.75, 3.05) is 44.0 Å². The molecule has 1 aliphatic rings. The molecule has 4 atom stereocenters. The lowest BCUT2D eigenvalue weighted by Gasteiger charge is -2.26. The van der Waals surface area contributed by atoms with Crippen molar-refractivity contribution in [1.82, 2.24) is 24.4 Å². The van der Waals surface area contributed by atoms with Crippen molar-refractivity contribution >= 4 is 34.7 Å². The molecule has 0 unspecified atom stereocenters. The van der Waals surface area contributed by atoms with Crippen molar-refractivity contribution < 1.29 is 34.3 Å². The summed E-state index contributed by atoms with van der Waals surface area (Å²) in [6, 6.07) is 25.2. The molecule has 0 aliphatic carbocycles. The molecule has 5 aromatic rings. The van der Waals surface area contributed by atoms with E-state index in [2.05, 4.69) is 9.97 Å². The van der Waals surface area contributed by atoms with Crippen LogP contribution in [0.5, 0.6) is 5.75 Å². The monoisotopic (exact) mass is 683 g/mol. The standard InChI is InChI=1S/C36H41N7O7/c1-3-42(36(47)49-21-23-11-6-4-7-12-23)17-10-18-48-27-19-25(24-13-8-5-9-14-24)15-16-26(27)41(2)35-40-29-32(37)38-22-39-33(29)43(35)34-31(46)30(45)28(20-44)50-34/h4-9,11-16,19,22,28,30-31,34,44-46H,3,10,17-18,20-21H2,1-2H3,(H2,37,38,39)/t28-,30-,31-,34-/m1/s1. The highest BCUT2D eigenvalue weighted by Gasteiger charge is 2.45. The third-order valence-electron chi connectivity index (χ3n) is 8.66. The van der Waals surface area contributed by atoms with Crippen molar-refractivity contribution in [3.05, 3.63) is 90.8 Å². The molecule has 3 heterocycles. The molecule has 6 rings (SSSR count). The second-order valence-electron chi connectivity index (χ2n) is 11.9. The van der Waals surface area contributed by atoms with Crippen LogP contribution in [0.3, 0.4) is 0 Å². The molecule has 5 N–H and O–H groups in total. The molecule has 1 fully saturated rings. The van der Waals surface area contributed by atoms with Crippen molar-refractivity contribution in [2.24, 2.45) is 0 Å². The molecule has 0 radical (unpaired) electrons. The van der Waals surface area contributed by atoms with Crippen LogP contribution in [-0.4, -0.2) is 97.5 Å². The fourth-order valence-corrected chi connectivity index (χ4v) is 5.93. The largest absolute Gasteiger partial charge is 0.491 e. The number of carbonyl (C=O) groups excluding carboxylic acids is 1. The van der Waals surface area contributed by atoms with E-state index < -0.39 is 37.2 Å². The number of hydrogen-bond acceptors (Lipinski definition) is 12. The number of hydrogen-bond donors (Lipinski definition) is 4. The minimum absolute atomic E-state index is 0.119. The quantitative estimate of drug-likeness (QED) is 0.132. The number of nitrogen functional groups attached to an aromatic ring is 1. The van der Waals surface area contributed by atoms with E-state index in [1.165, 1.54) is 10.9 Å². The molecule has 1 aliphatic heterocycles. The van der Waals surface area contributed by atoms with E-state index in [4.69, 9.17) is 24.9 Å². The van der Waals surface area contributed by atoms with Gasteiger partial charge in [-0.3, -0.25) is 4.57 Å². The zero-order valence-corrected chi connectivity index (χ0v) is 27.9. The van der Waals surface area contributed by atoms with Crippen LogP contribution in [0.4, 0.5) is 22.2 Å². The Balaban J connectivity index is 1.27. The maximum absolute atomic E-state index is 12.8. The van der Waals surface area contributed by atoms with E-state index >= 15 is 0 Å². The lowest BCUT2D eigenvalue weighted by molar-refractivity contribution is -0.0503. The lowest BCUT2D eigenvalue weighted by Crippen LogP contribution is -2.33. The second-order valence-corrected chi connectivity index (χ2v) is 11.9. The predicted molar refractivity (Wildman–Crippen MR) is 187 cm³/mol. The van der Waals surface area contributed by atoms with Gasteiger partial charge in [-0.05, 0) is 42.2 Å². The van der Waals surface area contributed by atoms with Gasteiger partial charge in [0.25, 0.3) is 0 Å². The van der Waals surface area contributed by atoms with E-state index in [0.29, 0.717) is 30.9 Å². The molecule has 3 aromatic carbocycles. The summed E-state index contributed by atoms with van der Waals surface area (Å²) < 4.78 is 19.4. The van der Waals surface area contributed by atoms with Gasteiger partial charge in [-0.25, -0.2) is 19.7 Å². The highest BCUT2D eigenvalue weighted by molar-refractivity contribution is 5.85. The molecule has 0 saturated carbocycles. The molecule has 1 amide bonds. The predicted octanol–water partition coefficient (Wildman–Crippen LogP) is 3.88. The van der Waals surface area contributed by atoms with Gasteiger partial charge < -0.3 is 45.1 Å². The molecule has 0 bridgehead atoms. The van der Waals surface area contributed by atoms with Crippen molar-refractivity contribution in [3.8, 4) is 16.9 Å². The number of anilines is 3. The van der Waals surface area contributed by atoms with Gasteiger partial charge in [0.2, 0.25) is 5.95 Å². The highest BCUT2D eigenvalue weighted by atomic mass is 16.6. The fraction of sp³-hybridized carbons (Fsp3) is 0.333.